The molecule has 1 heterocycles. The van der Waals surface area contributed by atoms with Crippen molar-refractivity contribution in [3.05, 3.63) is 0 Å². The maximum absolute atomic E-state index is 12.3. The minimum Gasteiger partial charge on any atom is -0.353 e. The Labute approximate surface area is 111 Å². The highest BCUT2D eigenvalue weighted by Gasteiger charge is 2.29. The van der Waals surface area contributed by atoms with Crippen molar-refractivity contribution in [3.63, 3.8) is 0 Å². The Balaban J connectivity index is 1.85. The third-order valence-electron chi connectivity index (χ3n) is 4.70. The van der Waals surface area contributed by atoms with Gasteiger partial charge < -0.3 is 10.6 Å². The van der Waals surface area contributed by atoms with E-state index in [2.05, 4.69) is 24.5 Å². The molecule has 1 saturated heterocycles. The fourth-order valence-electron chi connectivity index (χ4n) is 3.54. The monoisotopic (exact) mass is 252 g/mol. The van der Waals surface area contributed by atoms with E-state index in [0.717, 1.165) is 19.5 Å². The average molecular weight is 252 g/mol. The minimum absolute atomic E-state index is 0.188. The molecule has 4 unspecified atom stereocenters. The Hall–Kier alpha value is -0.570. The zero-order chi connectivity index (χ0) is 13.0. The van der Waals surface area contributed by atoms with Crippen LogP contribution in [0.1, 0.15) is 52.4 Å². The Morgan fingerprint density at radius 1 is 1.28 bits per heavy atom. The molecule has 2 N–H and O–H groups in total. The first-order valence-electron chi connectivity index (χ1n) is 7.71. The van der Waals surface area contributed by atoms with Crippen molar-refractivity contribution in [2.24, 2.45) is 17.8 Å². The normalized spacial score (nSPS) is 37.2. The van der Waals surface area contributed by atoms with E-state index in [1.165, 1.54) is 32.1 Å². The number of hydrogen-bond donors (Lipinski definition) is 2. The minimum atomic E-state index is 0.188. The van der Waals surface area contributed by atoms with Gasteiger partial charge in [0.15, 0.2) is 0 Å². The van der Waals surface area contributed by atoms with Crippen LogP contribution in [0.4, 0.5) is 0 Å². The lowest BCUT2D eigenvalue weighted by molar-refractivity contribution is -0.127. The first-order valence-corrected chi connectivity index (χ1v) is 7.71. The van der Waals surface area contributed by atoms with Gasteiger partial charge in [-0.1, -0.05) is 33.1 Å². The SMILES string of the molecule is CCC1CCCCC1NC(=O)C1CNCC(C)C1. The predicted molar refractivity (Wildman–Crippen MR) is 74.3 cm³/mol. The molecular formula is C15H28N2O. The van der Waals surface area contributed by atoms with Crippen molar-refractivity contribution in [3.8, 4) is 0 Å². The fraction of sp³-hybridized carbons (Fsp3) is 0.933. The van der Waals surface area contributed by atoms with Gasteiger partial charge >= 0.3 is 0 Å². The van der Waals surface area contributed by atoms with Crippen molar-refractivity contribution in [1.82, 2.24) is 10.6 Å². The zero-order valence-corrected chi connectivity index (χ0v) is 11.9. The highest BCUT2D eigenvalue weighted by atomic mass is 16.2. The molecular weight excluding hydrogens is 224 g/mol. The Morgan fingerprint density at radius 3 is 2.78 bits per heavy atom. The summed E-state index contributed by atoms with van der Waals surface area (Å²) in [6.45, 7) is 6.39. The summed E-state index contributed by atoms with van der Waals surface area (Å²) in [6.07, 6.45) is 7.33. The third kappa shape index (κ3) is 3.47. The maximum Gasteiger partial charge on any atom is 0.224 e. The van der Waals surface area contributed by atoms with E-state index in [0.29, 0.717) is 23.8 Å². The van der Waals surface area contributed by atoms with Crippen LogP contribution in [-0.4, -0.2) is 25.0 Å². The van der Waals surface area contributed by atoms with E-state index in [4.69, 9.17) is 0 Å². The summed E-state index contributed by atoms with van der Waals surface area (Å²) < 4.78 is 0. The van der Waals surface area contributed by atoms with Gasteiger partial charge in [-0.25, -0.2) is 0 Å². The van der Waals surface area contributed by atoms with Crippen molar-refractivity contribution in [1.29, 1.82) is 0 Å². The molecule has 0 bridgehead atoms. The molecule has 3 nitrogen and oxygen atoms in total. The number of piperidine rings is 1. The Bertz CT molecular complexity index is 280. The van der Waals surface area contributed by atoms with Crippen molar-refractivity contribution >= 4 is 5.91 Å². The highest BCUT2D eigenvalue weighted by Crippen LogP contribution is 2.27. The Kier molecular flexibility index (Phi) is 5.04. The fourth-order valence-corrected chi connectivity index (χ4v) is 3.54. The van der Waals surface area contributed by atoms with Gasteiger partial charge in [-0.2, -0.15) is 0 Å². The number of carbonyl (C=O) groups excluding carboxylic acids is 1. The molecule has 0 radical (unpaired) electrons. The Morgan fingerprint density at radius 2 is 2.06 bits per heavy atom. The van der Waals surface area contributed by atoms with E-state index >= 15 is 0 Å². The quantitative estimate of drug-likeness (QED) is 0.809. The first-order chi connectivity index (χ1) is 8.70. The number of nitrogens with one attached hydrogen (secondary N) is 2. The average Bonchev–Trinajstić information content (AvgIpc) is 2.39. The van der Waals surface area contributed by atoms with Crippen LogP contribution >= 0.6 is 0 Å². The lowest BCUT2D eigenvalue weighted by Crippen LogP contribution is -2.49. The van der Waals surface area contributed by atoms with Crippen molar-refractivity contribution < 1.29 is 4.79 Å². The van der Waals surface area contributed by atoms with E-state index in [1.807, 2.05) is 0 Å². The van der Waals surface area contributed by atoms with Crippen molar-refractivity contribution in [2.75, 3.05) is 13.1 Å². The molecule has 2 fully saturated rings. The van der Waals surface area contributed by atoms with Gasteiger partial charge in [0.05, 0.1) is 5.92 Å². The smallest absolute Gasteiger partial charge is 0.224 e. The second-order valence-electron chi connectivity index (χ2n) is 6.26. The van der Waals surface area contributed by atoms with Crippen LogP contribution in [0.25, 0.3) is 0 Å². The van der Waals surface area contributed by atoms with Crippen LogP contribution in [0.2, 0.25) is 0 Å². The second kappa shape index (κ2) is 6.55. The third-order valence-corrected chi connectivity index (χ3v) is 4.70. The molecule has 0 aromatic heterocycles. The molecule has 1 amide bonds. The predicted octanol–water partition coefficient (Wildman–Crippen LogP) is 2.32. The summed E-state index contributed by atoms with van der Waals surface area (Å²) in [5.74, 6) is 1.81. The topological polar surface area (TPSA) is 41.1 Å². The first kappa shape index (κ1) is 13.9. The van der Waals surface area contributed by atoms with E-state index < -0.39 is 0 Å². The summed E-state index contributed by atoms with van der Waals surface area (Å²) in [4.78, 5) is 12.3. The van der Waals surface area contributed by atoms with Gasteiger partial charge in [-0.15, -0.1) is 0 Å². The van der Waals surface area contributed by atoms with Crippen LogP contribution in [0.3, 0.4) is 0 Å². The molecule has 2 rings (SSSR count). The van der Waals surface area contributed by atoms with E-state index in [9.17, 15) is 4.79 Å². The number of rotatable bonds is 3. The molecule has 0 spiro atoms. The van der Waals surface area contributed by atoms with Crippen molar-refractivity contribution in [2.45, 2.75) is 58.4 Å². The lowest BCUT2D eigenvalue weighted by atomic mass is 9.82. The molecule has 1 aliphatic heterocycles. The largest absolute Gasteiger partial charge is 0.353 e. The summed E-state index contributed by atoms with van der Waals surface area (Å²) in [6, 6.07) is 0.438. The second-order valence-corrected chi connectivity index (χ2v) is 6.26. The van der Waals surface area contributed by atoms with E-state index in [-0.39, 0.29) is 5.92 Å². The van der Waals surface area contributed by atoms with Gasteiger partial charge in [0, 0.05) is 12.6 Å². The van der Waals surface area contributed by atoms with Crippen LogP contribution in [0, 0.1) is 17.8 Å². The zero-order valence-electron chi connectivity index (χ0n) is 11.9. The van der Waals surface area contributed by atoms with Crippen LogP contribution in [0.5, 0.6) is 0 Å². The number of amides is 1. The van der Waals surface area contributed by atoms with E-state index in [1.54, 1.807) is 0 Å². The van der Waals surface area contributed by atoms with Crippen LogP contribution in [0.15, 0.2) is 0 Å². The molecule has 2 aliphatic rings. The summed E-state index contributed by atoms with van der Waals surface area (Å²) in [7, 11) is 0. The number of hydrogen-bond acceptors (Lipinski definition) is 2. The van der Waals surface area contributed by atoms with Gasteiger partial charge in [0.25, 0.3) is 0 Å². The standard InChI is InChI=1S/C15H28N2O/c1-3-12-6-4-5-7-14(12)17-15(18)13-8-11(2)9-16-10-13/h11-14,16H,3-10H2,1-2H3,(H,17,18). The molecule has 18 heavy (non-hydrogen) atoms. The molecule has 104 valence electrons. The molecule has 1 saturated carbocycles. The highest BCUT2D eigenvalue weighted by molar-refractivity contribution is 5.79. The summed E-state index contributed by atoms with van der Waals surface area (Å²) in [5, 5.41) is 6.70. The molecule has 0 aromatic carbocycles. The van der Waals surface area contributed by atoms with Gasteiger partial charge in [0.1, 0.15) is 0 Å². The summed E-state index contributed by atoms with van der Waals surface area (Å²) in [5.41, 5.74) is 0. The molecule has 4 atom stereocenters. The molecule has 0 aromatic rings. The van der Waals surface area contributed by atoms with Gasteiger partial charge in [-0.05, 0) is 37.6 Å². The maximum atomic E-state index is 12.3. The van der Waals surface area contributed by atoms with Crippen LogP contribution in [-0.2, 0) is 4.79 Å². The molecule has 3 heteroatoms. The lowest BCUT2D eigenvalue weighted by Gasteiger charge is -2.34. The van der Waals surface area contributed by atoms with Gasteiger partial charge in [0.2, 0.25) is 5.91 Å². The molecule has 1 aliphatic carbocycles. The number of carbonyl (C=O) groups is 1. The van der Waals surface area contributed by atoms with Crippen LogP contribution < -0.4 is 10.6 Å². The summed E-state index contributed by atoms with van der Waals surface area (Å²) >= 11 is 0. The van der Waals surface area contributed by atoms with Gasteiger partial charge in [-0.3, -0.25) is 4.79 Å².